The van der Waals surface area contributed by atoms with Crippen molar-refractivity contribution in [1.82, 2.24) is 15.2 Å². The first-order valence-electron chi connectivity index (χ1n) is 7.08. The molecule has 1 atom stereocenters. The van der Waals surface area contributed by atoms with Crippen LogP contribution in [0.4, 0.5) is 0 Å². The zero-order chi connectivity index (χ0) is 14.7. The Morgan fingerprint density at radius 3 is 2.95 bits per heavy atom. The van der Waals surface area contributed by atoms with Gasteiger partial charge in [0.1, 0.15) is 11.5 Å². The van der Waals surface area contributed by atoms with E-state index in [9.17, 15) is 4.79 Å². The fraction of sp³-hybridized carbons (Fsp3) is 0.643. The molecule has 6 heteroatoms. The predicted molar refractivity (Wildman–Crippen MR) is 77.1 cm³/mol. The van der Waals surface area contributed by atoms with Gasteiger partial charge in [0.05, 0.1) is 12.1 Å². The number of hydrazine groups is 1. The van der Waals surface area contributed by atoms with E-state index in [1.54, 1.807) is 13.0 Å². The van der Waals surface area contributed by atoms with Crippen LogP contribution in [0.5, 0.6) is 0 Å². The number of rotatable bonds is 4. The molecule has 1 aliphatic heterocycles. The van der Waals surface area contributed by atoms with Crippen molar-refractivity contribution < 1.29 is 9.21 Å². The third-order valence-electron chi connectivity index (χ3n) is 4.06. The Kier molecular flexibility index (Phi) is 4.80. The summed E-state index contributed by atoms with van der Waals surface area (Å²) in [6, 6.07) is 2.38. The quantitative estimate of drug-likeness (QED) is 0.483. The fourth-order valence-corrected chi connectivity index (χ4v) is 2.74. The van der Waals surface area contributed by atoms with E-state index in [1.807, 2.05) is 0 Å². The van der Waals surface area contributed by atoms with Gasteiger partial charge in [-0.05, 0) is 26.5 Å². The lowest BCUT2D eigenvalue weighted by Crippen LogP contribution is -2.50. The van der Waals surface area contributed by atoms with Crippen molar-refractivity contribution in [2.75, 3.05) is 26.7 Å². The zero-order valence-corrected chi connectivity index (χ0v) is 12.5. The highest BCUT2D eigenvalue weighted by Gasteiger charge is 2.24. The summed E-state index contributed by atoms with van der Waals surface area (Å²) in [5.74, 6) is 6.29. The Labute approximate surface area is 119 Å². The van der Waals surface area contributed by atoms with Crippen LogP contribution in [-0.2, 0) is 6.54 Å². The van der Waals surface area contributed by atoms with E-state index in [1.165, 1.54) is 0 Å². The average molecular weight is 280 g/mol. The van der Waals surface area contributed by atoms with Crippen LogP contribution in [0.3, 0.4) is 0 Å². The van der Waals surface area contributed by atoms with Crippen molar-refractivity contribution >= 4 is 5.91 Å². The lowest BCUT2D eigenvalue weighted by Gasteiger charge is -2.38. The Hall–Kier alpha value is -1.37. The Bertz CT molecular complexity index is 472. The van der Waals surface area contributed by atoms with Crippen LogP contribution in [0.15, 0.2) is 10.5 Å². The molecule has 0 spiro atoms. The van der Waals surface area contributed by atoms with Crippen LogP contribution in [0, 0.1) is 6.92 Å². The number of nitrogens with two attached hydrogens (primary N) is 1. The Balaban J connectivity index is 2.02. The van der Waals surface area contributed by atoms with Crippen molar-refractivity contribution in [3.05, 3.63) is 23.2 Å². The second kappa shape index (κ2) is 6.39. The van der Waals surface area contributed by atoms with Gasteiger partial charge in [0.25, 0.3) is 5.91 Å². The molecule has 1 aliphatic rings. The van der Waals surface area contributed by atoms with Crippen LogP contribution in [0.1, 0.15) is 35.2 Å². The summed E-state index contributed by atoms with van der Waals surface area (Å²) in [6.45, 7) is 7.85. The van der Waals surface area contributed by atoms with Gasteiger partial charge >= 0.3 is 0 Å². The summed E-state index contributed by atoms with van der Waals surface area (Å²) < 4.78 is 5.66. The highest BCUT2D eigenvalue weighted by Crippen LogP contribution is 2.18. The summed E-state index contributed by atoms with van der Waals surface area (Å²) >= 11 is 0. The van der Waals surface area contributed by atoms with Gasteiger partial charge in [-0.2, -0.15) is 0 Å². The maximum absolute atomic E-state index is 11.6. The third kappa shape index (κ3) is 3.20. The number of carbonyl (C=O) groups excluding carboxylic acids is 1. The number of nitrogens with one attached hydrogen (secondary N) is 1. The highest BCUT2D eigenvalue weighted by molar-refractivity contribution is 5.94. The van der Waals surface area contributed by atoms with Gasteiger partial charge < -0.3 is 9.32 Å². The molecule has 1 saturated heterocycles. The number of hydrogen-bond acceptors (Lipinski definition) is 5. The Morgan fingerprint density at radius 1 is 1.55 bits per heavy atom. The first kappa shape index (κ1) is 15.0. The van der Waals surface area contributed by atoms with Gasteiger partial charge in [-0.1, -0.05) is 6.92 Å². The van der Waals surface area contributed by atoms with E-state index in [-0.39, 0.29) is 5.91 Å². The van der Waals surface area contributed by atoms with E-state index in [4.69, 9.17) is 10.3 Å². The molecule has 1 aromatic heterocycles. The number of furan rings is 1. The van der Waals surface area contributed by atoms with Gasteiger partial charge in [-0.3, -0.25) is 15.1 Å². The molecule has 0 aromatic carbocycles. The molecule has 1 amide bonds. The molecule has 1 fully saturated rings. The number of hydrogen-bond donors (Lipinski definition) is 2. The monoisotopic (exact) mass is 280 g/mol. The zero-order valence-electron chi connectivity index (χ0n) is 12.5. The number of nitrogens with zero attached hydrogens (tertiary/aromatic N) is 2. The molecule has 0 aliphatic carbocycles. The predicted octanol–water partition coefficient (Wildman–Crippen LogP) is 0.718. The van der Waals surface area contributed by atoms with Gasteiger partial charge in [0.2, 0.25) is 0 Å². The van der Waals surface area contributed by atoms with Crippen molar-refractivity contribution in [3.8, 4) is 0 Å². The fourth-order valence-electron chi connectivity index (χ4n) is 2.74. The molecule has 0 saturated carbocycles. The summed E-state index contributed by atoms with van der Waals surface area (Å²) in [4.78, 5) is 16.3. The maximum atomic E-state index is 11.6. The molecule has 0 radical (unpaired) electrons. The molecule has 2 rings (SSSR count). The molecule has 112 valence electrons. The van der Waals surface area contributed by atoms with Crippen molar-refractivity contribution in [3.63, 3.8) is 0 Å². The Morgan fingerprint density at radius 2 is 2.30 bits per heavy atom. The number of likely N-dealkylation sites (N-methyl/N-ethyl adjacent to an activating group) is 1. The van der Waals surface area contributed by atoms with E-state index in [2.05, 4.69) is 29.2 Å². The number of aryl methyl sites for hydroxylation is 1. The second-order valence-electron chi connectivity index (χ2n) is 5.43. The number of piperazine rings is 1. The molecule has 3 N–H and O–H groups in total. The molecule has 6 nitrogen and oxygen atoms in total. The third-order valence-corrected chi connectivity index (χ3v) is 4.06. The SMILES string of the molecule is CCC1CN(Cc2cc(C(=O)NN)c(C)o2)CCN1C. The first-order valence-corrected chi connectivity index (χ1v) is 7.08. The molecule has 1 aromatic rings. The maximum Gasteiger partial charge on any atom is 0.268 e. The number of amides is 1. The average Bonchev–Trinajstić information content (AvgIpc) is 2.80. The van der Waals surface area contributed by atoms with E-state index in [0.717, 1.165) is 38.4 Å². The van der Waals surface area contributed by atoms with Gasteiger partial charge in [-0.25, -0.2) is 5.84 Å². The molecular weight excluding hydrogens is 256 g/mol. The summed E-state index contributed by atoms with van der Waals surface area (Å²) in [5.41, 5.74) is 2.66. The van der Waals surface area contributed by atoms with Crippen molar-refractivity contribution in [1.29, 1.82) is 0 Å². The summed E-state index contributed by atoms with van der Waals surface area (Å²) in [5, 5.41) is 0. The molecule has 2 heterocycles. The van der Waals surface area contributed by atoms with Crippen LogP contribution >= 0.6 is 0 Å². The van der Waals surface area contributed by atoms with Crippen molar-refractivity contribution in [2.24, 2.45) is 5.84 Å². The van der Waals surface area contributed by atoms with Gasteiger partial charge in [0.15, 0.2) is 0 Å². The van der Waals surface area contributed by atoms with E-state index in [0.29, 0.717) is 17.4 Å². The minimum Gasteiger partial charge on any atom is -0.464 e. The lowest BCUT2D eigenvalue weighted by molar-refractivity contribution is 0.0834. The molecular formula is C14H24N4O2. The van der Waals surface area contributed by atoms with Crippen LogP contribution in [0.25, 0.3) is 0 Å². The first-order chi connectivity index (χ1) is 9.55. The van der Waals surface area contributed by atoms with Crippen LogP contribution < -0.4 is 11.3 Å². The highest BCUT2D eigenvalue weighted by atomic mass is 16.3. The number of nitrogen functional groups attached to an aromatic ring is 1. The summed E-state index contributed by atoms with van der Waals surface area (Å²) in [7, 11) is 2.17. The van der Waals surface area contributed by atoms with Crippen molar-refractivity contribution in [2.45, 2.75) is 32.9 Å². The van der Waals surface area contributed by atoms with Gasteiger partial charge in [-0.15, -0.1) is 0 Å². The molecule has 0 bridgehead atoms. The topological polar surface area (TPSA) is 74.7 Å². The van der Waals surface area contributed by atoms with Gasteiger partial charge in [0, 0.05) is 25.7 Å². The molecule has 20 heavy (non-hydrogen) atoms. The van der Waals surface area contributed by atoms with E-state index >= 15 is 0 Å². The largest absolute Gasteiger partial charge is 0.464 e. The standard InChI is InChI=1S/C14H24N4O2/c1-4-11-8-18(6-5-17(11)3)9-12-7-13(10(2)20-12)14(19)16-15/h7,11H,4-6,8-9,15H2,1-3H3,(H,16,19). The van der Waals surface area contributed by atoms with Crippen LogP contribution in [-0.4, -0.2) is 48.4 Å². The van der Waals surface area contributed by atoms with Crippen LogP contribution in [0.2, 0.25) is 0 Å². The van der Waals surface area contributed by atoms with E-state index < -0.39 is 0 Å². The normalized spacial score (nSPS) is 21.1. The lowest BCUT2D eigenvalue weighted by atomic mass is 10.1. The minimum absolute atomic E-state index is 0.303. The number of carbonyl (C=O) groups is 1. The summed E-state index contributed by atoms with van der Waals surface area (Å²) in [6.07, 6.45) is 1.14. The molecule has 1 unspecified atom stereocenters. The minimum atomic E-state index is -0.303. The second-order valence-corrected chi connectivity index (χ2v) is 5.43. The smallest absolute Gasteiger partial charge is 0.268 e.